The summed E-state index contributed by atoms with van der Waals surface area (Å²) in [6, 6.07) is 10.8. The van der Waals surface area contributed by atoms with Crippen LogP contribution < -0.4 is 20.6 Å². The molecule has 1 aromatic carbocycles. The quantitative estimate of drug-likeness (QED) is 0.169. The van der Waals surface area contributed by atoms with Gasteiger partial charge in [-0.25, -0.2) is 15.1 Å². The van der Waals surface area contributed by atoms with E-state index in [1.54, 1.807) is 59.2 Å². The van der Waals surface area contributed by atoms with E-state index in [1.807, 2.05) is 52.8 Å². The first-order valence-electron chi connectivity index (χ1n) is 15.7. The first-order chi connectivity index (χ1) is 22.8. The fourth-order valence-corrected chi connectivity index (χ4v) is 4.30. The number of nitrogens with zero attached hydrogens (tertiary/aromatic N) is 3. The van der Waals surface area contributed by atoms with Gasteiger partial charge in [0.2, 0.25) is 5.91 Å². The van der Waals surface area contributed by atoms with Crippen LogP contribution in [0.2, 0.25) is 0 Å². The van der Waals surface area contributed by atoms with Crippen LogP contribution in [0, 0.1) is 29.6 Å². The normalized spacial score (nSPS) is 16.8. The number of ether oxygens (including phenoxy) is 2. The Labute approximate surface area is 286 Å². The number of aldehydes is 1. The average Bonchev–Trinajstić information content (AvgIpc) is 3.44. The number of benzene rings is 1. The molecule has 0 bridgehead atoms. The number of amides is 1. The van der Waals surface area contributed by atoms with Gasteiger partial charge in [0.15, 0.2) is 0 Å². The van der Waals surface area contributed by atoms with E-state index in [1.165, 1.54) is 4.57 Å². The van der Waals surface area contributed by atoms with Crippen LogP contribution in [0.3, 0.4) is 0 Å². The molecule has 0 saturated carbocycles. The summed E-state index contributed by atoms with van der Waals surface area (Å²) in [5, 5.41) is 20.0. The molecule has 14 nitrogen and oxygen atoms in total. The molecule has 4 atom stereocenters. The molecule has 1 amide bonds. The molecule has 48 heavy (non-hydrogen) atoms. The zero-order valence-electron chi connectivity index (χ0n) is 29.8. The number of hydrogen-bond donors (Lipinski definition) is 3. The summed E-state index contributed by atoms with van der Waals surface area (Å²) in [6.45, 7) is 20.6. The van der Waals surface area contributed by atoms with Crippen molar-refractivity contribution in [2.24, 2.45) is 17.8 Å². The number of hydrogen-bond acceptors (Lipinski definition) is 11. The van der Waals surface area contributed by atoms with Crippen molar-refractivity contribution in [3.63, 3.8) is 0 Å². The highest BCUT2D eigenvalue weighted by atomic mass is 31.2. The molecule has 0 radical (unpaired) electrons. The SMILES string of the molecule is C#N.CC.CC(C)C(=O)Nc1ccn([C@@H]2O[C@H](COP(NCC=O)Oc3ccccc3)C[C@@H]2C)c(=O)n1.CC(C)C(=O)O.COC(C)C. The highest BCUT2D eigenvalue weighted by Gasteiger charge is 2.35. The second kappa shape index (κ2) is 27.2. The number of nitriles is 1. The van der Waals surface area contributed by atoms with Crippen LogP contribution in [0.25, 0.3) is 0 Å². The summed E-state index contributed by atoms with van der Waals surface area (Å²) in [4.78, 5) is 48.8. The van der Waals surface area contributed by atoms with Gasteiger partial charge in [-0.2, -0.15) is 4.98 Å². The van der Waals surface area contributed by atoms with Gasteiger partial charge in [0, 0.05) is 31.7 Å². The molecule has 0 aliphatic carbocycles. The van der Waals surface area contributed by atoms with E-state index in [0.29, 0.717) is 18.3 Å². The predicted molar refractivity (Wildman–Crippen MR) is 186 cm³/mol. The smallest absolute Gasteiger partial charge is 0.351 e. The van der Waals surface area contributed by atoms with Crippen molar-refractivity contribution >= 4 is 32.5 Å². The van der Waals surface area contributed by atoms with Crippen molar-refractivity contribution < 1.29 is 38.0 Å². The third-order valence-electron chi connectivity index (χ3n) is 5.91. The fraction of sp³-hybridized carbons (Fsp3) is 0.576. The number of aliphatic carboxylic acids is 1. The van der Waals surface area contributed by atoms with E-state index in [0.717, 1.165) is 6.29 Å². The number of nitrogens with one attached hydrogen (secondary N) is 2. The molecule has 1 saturated heterocycles. The summed E-state index contributed by atoms with van der Waals surface area (Å²) in [6.07, 6.45) is 2.61. The largest absolute Gasteiger partial charge is 0.481 e. The van der Waals surface area contributed by atoms with Gasteiger partial charge in [-0.05, 0) is 38.5 Å². The Hall–Kier alpha value is -3.73. The topological polar surface area (TPSA) is 191 Å². The molecule has 2 aromatic rings. The van der Waals surface area contributed by atoms with E-state index >= 15 is 0 Å². The highest BCUT2D eigenvalue weighted by Crippen LogP contribution is 2.38. The summed E-state index contributed by atoms with van der Waals surface area (Å²) < 4.78 is 23.9. The number of carbonyl (C=O) groups excluding carboxylic acids is 2. The zero-order chi connectivity index (χ0) is 37.2. The van der Waals surface area contributed by atoms with E-state index in [9.17, 15) is 19.2 Å². The van der Waals surface area contributed by atoms with Crippen molar-refractivity contribution in [2.45, 2.75) is 87.2 Å². The van der Waals surface area contributed by atoms with Crippen molar-refractivity contribution in [3.8, 4) is 12.3 Å². The van der Waals surface area contributed by atoms with Crippen LogP contribution in [-0.4, -0.2) is 65.3 Å². The maximum Gasteiger partial charge on any atom is 0.351 e. The summed E-state index contributed by atoms with van der Waals surface area (Å²) in [5.74, 6) is -0.517. The van der Waals surface area contributed by atoms with Crippen molar-refractivity contribution in [1.82, 2.24) is 14.6 Å². The van der Waals surface area contributed by atoms with E-state index in [2.05, 4.69) is 22.0 Å². The maximum atomic E-state index is 12.5. The van der Waals surface area contributed by atoms with Crippen LogP contribution in [-0.2, 0) is 28.4 Å². The Morgan fingerprint density at radius 2 is 1.69 bits per heavy atom. The first-order valence-corrected chi connectivity index (χ1v) is 16.9. The monoisotopic (exact) mass is 695 g/mol. The second-order valence-electron chi connectivity index (χ2n) is 10.8. The summed E-state index contributed by atoms with van der Waals surface area (Å²) >= 11 is 0. The molecular formula is C33H54N5O9P. The van der Waals surface area contributed by atoms with Gasteiger partial charge in [-0.15, -0.1) is 0 Å². The minimum Gasteiger partial charge on any atom is -0.481 e. The molecule has 15 heteroatoms. The van der Waals surface area contributed by atoms with Gasteiger partial charge in [0.05, 0.1) is 31.3 Å². The van der Waals surface area contributed by atoms with Crippen LogP contribution in [0.15, 0.2) is 47.4 Å². The lowest BCUT2D eigenvalue weighted by Crippen LogP contribution is -2.30. The summed E-state index contributed by atoms with van der Waals surface area (Å²) in [7, 11) is 0.150. The van der Waals surface area contributed by atoms with Crippen molar-refractivity contribution in [3.05, 3.63) is 53.1 Å². The number of carboxylic acids is 1. The zero-order valence-corrected chi connectivity index (χ0v) is 30.7. The van der Waals surface area contributed by atoms with Gasteiger partial charge in [0.1, 0.15) is 24.1 Å². The fourth-order valence-electron chi connectivity index (χ4n) is 3.26. The lowest BCUT2D eigenvalue weighted by molar-refractivity contribution is -0.140. The van der Waals surface area contributed by atoms with E-state index in [-0.39, 0.29) is 48.7 Å². The third kappa shape index (κ3) is 19.8. The molecule has 1 unspecified atom stereocenters. The Morgan fingerprint density at radius 3 is 2.15 bits per heavy atom. The number of rotatable bonds is 13. The molecule has 2 heterocycles. The first kappa shape index (κ1) is 46.4. The number of para-hydroxylation sites is 1. The Morgan fingerprint density at radius 1 is 1.12 bits per heavy atom. The Kier molecular flexibility index (Phi) is 26.3. The maximum absolute atomic E-state index is 12.5. The molecule has 270 valence electrons. The number of carboxylic acid groups (broad SMARTS) is 1. The molecule has 3 N–H and O–H groups in total. The number of carbonyl (C=O) groups is 3. The standard InChI is InChI=1S/C22H29N4O6P.C4H8O2.C4H10O.C2H6.CHN/c1-15(2)20(28)24-19-9-11-26(22(29)25-19)21-16(3)13-18(31-21)14-30-33(23-10-12-27)32-17-7-5-4-6-8-17;1-3(2)4(5)6;1-4(2)5-3;2*1-2/h4-9,11-12,15-16,18,21,23H,10,13-14H2,1-3H3,(H,24,25,28,29);3H,1-2H3,(H,5,6);4H,1-3H3;1-2H3;1H/t16-,18-,21+,33?;;;;/m0..../s1. The molecule has 3 rings (SSSR count). The van der Waals surface area contributed by atoms with Gasteiger partial charge < -0.3 is 33.7 Å². The highest BCUT2D eigenvalue weighted by molar-refractivity contribution is 7.45. The van der Waals surface area contributed by atoms with Gasteiger partial charge >= 0.3 is 20.2 Å². The minimum atomic E-state index is -1.55. The molecule has 1 aromatic heterocycles. The number of methoxy groups -OCH3 is 1. The van der Waals surface area contributed by atoms with Crippen LogP contribution in [0.5, 0.6) is 5.75 Å². The van der Waals surface area contributed by atoms with Crippen LogP contribution in [0.1, 0.15) is 75.0 Å². The summed E-state index contributed by atoms with van der Waals surface area (Å²) in [5.41, 5.74) is -0.503. The van der Waals surface area contributed by atoms with E-state index < -0.39 is 26.4 Å². The van der Waals surface area contributed by atoms with Gasteiger partial charge in [0.25, 0.3) is 0 Å². The van der Waals surface area contributed by atoms with Crippen LogP contribution in [0.4, 0.5) is 5.82 Å². The molecule has 1 aliphatic rings. The minimum absolute atomic E-state index is 0.0402. The van der Waals surface area contributed by atoms with Crippen molar-refractivity contribution in [1.29, 1.82) is 5.26 Å². The number of anilines is 1. The Bertz CT molecular complexity index is 1240. The van der Waals surface area contributed by atoms with E-state index in [4.69, 9.17) is 28.9 Å². The number of aromatic nitrogens is 2. The molecular weight excluding hydrogens is 641 g/mol. The van der Waals surface area contributed by atoms with Gasteiger partial charge in [-0.3, -0.25) is 14.2 Å². The van der Waals surface area contributed by atoms with Crippen molar-refractivity contribution in [2.75, 3.05) is 25.6 Å². The molecule has 0 spiro atoms. The Balaban J connectivity index is 0. The molecule has 1 fully saturated rings. The molecule has 1 aliphatic heterocycles. The third-order valence-corrected chi connectivity index (χ3v) is 7.11. The second-order valence-corrected chi connectivity index (χ2v) is 12.0. The average molecular weight is 696 g/mol. The van der Waals surface area contributed by atoms with Gasteiger partial charge in [-0.1, -0.05) is 66.7 Å². The van der Waals surface area contributed by atoms with Crippen LogP contribution >= 0.6 is 8.53 Å². The lowest BCUT2D eigenvalue weighted by atomic mass is 10.1. The predicted octanol–water partition coefficient (Wildman–Crippen LogP) is 5.81. The lowest BCUT2D eigenvalue weighted by Gasteiger charge is -2.20.